The summed E-state index contributed by atoms with van der Waals surface area (Å²) in [5.74, 6) is 0.792. The van der Waals surface area contributed by atoms with Gasteiger partial charge in [0, 0.05) is 11.1 Å². The van der Waals surface area contributed by atoms with Gasteiger partial charge in [0.25, 0.3) is 5.91 Å². The first-order valence-corrected chi connectivity index (χ1v) is 8.20. The molecule has 1 heterocycles. The molecular weight excluding hydrogens is 314 g/mol. The average molecular weight is 331 g/mol. The lowest BCUT2D eigenvalue weighted by Gasteiger charge is -2.05. The van der Waals surface area contributed by atoms with Gasteiger partial charge < -0.3 is 14.5 Å². The SMILES string of the molecule is CCOc1ccc(NC(=O)c2cc3c(ccc4ccccc43)o2)cc1. The first-order chi connectivity index (χ1) is 12.2. The number of rotatable bonds is 4. The smallest absolute Gasteiger partial charge is 0.291 e. The normalized spacial score (nSPS) is 10.9. The number of hydrogen-bond donors (Lipinski definition) is 1. The Labute approximate surface area is 145 Å². The Balaban J connectivity index is 1.62. The number of hydrogen-bond acceptors (Lipinski definition) is 3. The van der Waals surface area contributed by atoms with Crippen molar-refractivity contribution in [2.45, 2.75) is 6.92 Å². The van der Waals surface area contributed by atoms with Crippen LogP contribution in [0.1, 0.15) is 17.5 Å². The van der Waals surface area contributed by atoms with E-state index in [1.807, 2.05) is 55.5 Å². The van der Waals surface area contributed by atoms with E-state index in [4.69, 9.17) is 9.15 Å². The van der Waals surface area contributed by atoms with Gasteiger partial charge in [-0.15, -0.1) is 0 Å². The summed E-state index contributed by atoms with van der Waals surface area (Å²) in [6, 6.07) is 21.0. The van der Waals surface area contributed by atoms with Crippen LogP contribution in [0.25, 0.3) is 21.7 Å². The molecule has 1 N–H and O–H groups in total. The summed E-state index contributed by atoms with van der Waals surface area (Å²) in [5, 5.41) is 5.98. The molecule has 0 saturated heterocycles. The minimum absolute atomic E-state index is 0.274. The molecule has 0 bridgehead atoms. The van der Waals surface area contributed by atoms with E-state index < -0.39 is 0 Å². The molecule has 0 radical (unpaired) electrons. The predicted octanol–water partition coefficient (Wildman–Crippen LogP) is 5.24. The zero-order valence-corrected chi connectivity index (χ0v) is 13.8. The van der Waals surface area contributed by atoms with Crippen molar-refractivity contribution >= 4 is 33.3 Å². The largest absolute Gasteiger partial charge is 0.494 e. The summed E-state index contributed by atoms with van der Waals surface area (Å²) < 4.78 is 11.1. The monoisotopic (exact) mass is 331 g/mol. The van der Waals surface area contributed by atoms with Crippen molar-refractivity contribution in [1.82, 2.24) is 0 Å². The minimum atomic E-state index is -0.274. The van der Waals surface area contributed by atoms with Crippen molar-refractivity contribution in [1.29, 1.82) is 0 Å². The number of amides is 1. The molecule has 4 aromatic rings. The highest BCUT2D eigenvalue weighted by atomic mass is 16.5. The van der Waals surface area contributed by atoms with Gasteiger partial charge in [-0.25, -0.2) is 0 Å². The number of nitrogens with one attached hydrogen (secondary N) is 1. The molecule has 4 nitrogen and oxygen atoms in total. The molecule has 4 rings (SSSR count). The number of carbonyl (C=O) groups is 1. The van der Waals surface area contributed by atoms with E-state index >= 15 is 0 Å². The summed E-state index contributed by atoms with van der Waals surface area (Å²) >= 11 is 0. The molecule has 0 aliphatic carbocycles. The number of carbonyl (C=O) groups excluding carboxylic acids is 1. The molecule has 0 fully saturated rings. The number of benzene rings is 3. The summed E-state index contributed by atoms with van der Waals surface area (Å²) in [7, 11) is 0. The fourth-order valence-electron chi connectivity index (χ4n) is 2.90. The fraction of sp³-hybridized carbons (Fsp3) is 0.0952. The van der Waals surface area contributed by atoms with Crippen molar-refractivity contribution in [3.05, 3.63) is 72.5 Å². The standard InChI is InChI=1S/C21H17NO3/c1-2-24-16-10-8-15(9-11-16)22-21(23)20-13-18-17-6-4-3-5-14(17)7-12-19(18)25-20/h3-13H,2H2,1H3,(H,22,23). The summed E-state index contributed by atoms with van der Waals surface area (Å²) in [4.78, 5) is 12.5. The van der Waals surface area contributed by atoms with Gasteiger partial charge in [0.1, 0.15) is 11.3 Å². The van der Waals surface area contributed by atoms with E-state index in [0.717, 1.165) is 21.9 Å². The van der Waals surface area contributed by atoms with Crippen LogP contribution in [0.3, 0.4) is 0 Å². The van der Waals surface area contributed by atoms with Crippen LogP contribution in [0.15, 0.2) is 71.1 Å². The Morgan fingerprint density at radius 1 is 1.00 bits per heavy atom. The Morgan fingerprint density at radius 3 is 2.60 bits per heavy atom. The maximum absolute atomic E-state index is 12.5. The van der Waals surface area contributed by atoms with Crippen molar-refractivity contribution in [2.24, 2.45) is 0 Å². The van der Waals surface area contributed by atoms with Crippen molar-refractivity contribution < 1.29 is 13.9 Å². The molecule has 124 valence electrons. The van der Waals surface area contributed by atoms with Gasteiger partial charge >= 0.3 is 0 Å². The van der Waals surface area contributed by atoms with Gasteiger partial charge in [-0.2, -0.15) is 0 Å². The molecule has 0 spiro atoms. The van der Waals surface area contributed by atoms with Gasteiger partial charge in [0.05, 0.1) is 6.61 Å². The third kappa shape index (κ3) is 2.94. The molecule has 1 amide bonds. The molecule has 0 aliphatic rings. The van der Waals surface area contributed by atoms with E-state index in [1.54, 1.807) is 18.2 Å². The van der Waals surface area contributed by atoms with Gasteiger partial charge in [-0.3, -0.25) is 4.79 Å². The van der Waals surface area contributed by atoms with Crippen LogP contribution in [0, 0.1) is 0 Å². The molecule has 0 aliphatic heterocycles. The number of fused-ring (bicyclic) bond motifs is 3. The Bertz CT molecular complexity index is 1050. The second-order valence-electron chi connectivity index (χ2n) is 5.72. The van der Waals surface area contributed by atoms with E-state index in [1.165, 1.54) is 0 Å². The van der Waals surface area contributed by atoms with Crippen molar-refractivity contribution in [2.75, 3.05) is 11.9 Å². The maximum Gasteiger partial charge on any atom is 0.291 e. The highest BCUT2D eigenvalue weighted by Crippen LogP contribution is 2.28. The molecular formula is C21H17NO3. The Kier molecular flexibility index (Phi) is 3.86. The zero-order valence-electron chi connectivity index (χ0n) is 13.8. The van der Waals surface area contributed by atoms with E-state index in [0.29, 0.717) is 23.6 Å². The lowest BCUT2D eigenvalue weighted by molar-refractivity contribution is 0.0998. The maximum atomic E-state index is 12.5. The van der Waals surface area contributed by atoms with Crippen LogP contribution >= 0.6 is 0 Å². The molecule has 25 heavy (non-hydrogen) atoms. The van der Waals surface area contributed by atoms with Crippen molar-refractivity contribution in [3.8, 4) is 5.75 Å². The predicted molar refractivity (Wildman–Crippen MR) is 99.3 cm³/mol. The number of anilines is 1. The van der Waals surface area contributed by atoms with Crippen LogP contribution in [0.4, 0.5) is 5.69 Å². The first kappa shape index (κ1) is 15.3. The topological polar surface area (TPSA) is 51.5 Å². The highest BCUT2D eigenvalue weighted by molar-refractivity contribution is 6.10. The second-order valence-corrected chi connectivity index (χ2v) is 5.72. The third-order valence-electron chi connectivity index (χ3n) is 4.07. The van der Waals surface area contributed by atoms with Crippen LogP contribution in [-0.2, 0) is 0 Å². The quantitative estimate of drug-likeness (QED) is 0.556. The highest BCUT2D eigenvalue weighted by Gasteiger charge is 2.14. The summed E-state index contributed by atoms with van der Waals surface area (Å²) in [5.41, 5.74) is 1.40. The molecule has 3 aromatic carbocycles. The van der Waals surface area contributed by atoms with E-state index in [-0.39, 0.29) is 5.91 Å². The molecule has 4 heteroatoms. The van der Waals surface area contributed by atoms with Crippen LogP contribution in [0.2, 0.25) is 0 Å². The van der Waals surface area contributed by atoms with Gasteiger partial charge in [-0.05, 0) is 54.1 Å². The van der Waals surface area contributed by atoms with Crippen LogP contribution < -0.4 is 10.1 Å². The lowest BCUT2D eigenvalue weighted by atomic mass is 10.1. The van der Waals surface area contributed by atoms with Crippen LogP contribution in [0.5, 0.6) is 5.75 Å². The first-order valence-electron chi connectivity index (χ1n) is 8.20. The lowest BCUT2D eigenvalue weighted by Crippen LogP contribution is -2.10. The second kappa shape index (κ2) is 6.32. The Morgan fingerprint density at radius 2 is 1.80 bits per heavy atom. The van der Waals surface area contributed by atoms with Gasteiger partial charge in [0.2, 0.25) is 0 Å². The fourth-order valence-corrected chi connectivity index (χ4v) is 2.90. The summed E-state index contributed by atoms with van der Waals surface area (Å²) in [6.45, 7) is 2.54. The van der Waals surface area contributed by atoms with Gasteiger partial charge in [-0.1, -0.05) is 30.3 Å². The van der Waals surface area contributed by atoms with Crippen molar-refractivity contribution in [3.63, 3.8) is 0 Å². The third-order valence-corrected chi connectivity index (χ3v) is 4.07. The molecule has 0 atom stereocenters. The molecule has 0 unspecified atom stereocenters. The average Bonchev–Trinajstić information content (AvgIpc) is 3.08. The zero-order chi connectivity index (χ0) is 17.2. The van der Waals surface area contributed by atoms with E-state index in [9.17, 15) is 4.79 Å². The molecule has 0 saturated carbocycles. The van der Waals surface area contributed by atoms with Gasteiger partial charge in [0.15, 0.2) is 5.76 Å². The van der Waals surface area contributed by atoms with E-state index in [2.05, 4.69) is 5.32 Å². The minimum Gasteiger partial charge on any atom is -0.494 e. The number of furan rings is 1. The summed E-state index contributed by atoms with van der Waals surface area (Å²) in [6.07, 6.45) is 0. The Hall–Kier alpha value is -3.27. The number of ether oxygens (including phenoxy) is 1. The van der Waals surface area contributed by atoms with Crippen LogP contribution in [-0.4, -0.2) is 12.5 Å². The molecule has 1 aromatic heterocycles.